The molecule has 1 aromatic heterocycles. The number of nitrogens with zero attached hydrogens (tertiary/aromatic N) is 3. The molecule has 25 heavy (non-hydrogen) atoms. The summed E-state index contributed by atoms with van der Waals surface area (Å²) in [4.78, 5) is 38.3. The quantitative estimate of drug-likeness (QED) is 0.889. The van der Waals surface area contributed by atoms with Gasteiger partial charge in [-0.1, -0.05) is 18.2 Å². The van der Waals surface area contributed by atoms with Crippen molar-refractivity contribution < 1.29 is 9.59 Å². The van der Waals surface area contributed by atoms with Gasteiger partial charge in [0.2, 0.25) is 11.8 Å². The number of aromatic nitrogens is 2. The average Bonchev–Trinajstić information content (AvgIpc) is 2.80. The summed E-state index contributed by atoms with van der Waals surface area (Å²) >= 11 is 0. The van der Waals surface area contributed by atoms with Crippen molar-refractivity contribution in [3.63, 3.8) is 0 Å². The third kappa shape index (κ3) is 3.01. The number of likely N-dealkylation sites (tertiary alicyclic amines) is 1. The van der Waals surface area contributed by atoms with E-state index in [0.29, 0.717) is 5.39 Å². The lowest BCUT2D eigenvalue weighted by Gasteiger charge is -2.32. The molecule has 2 aromatic rings. The lowest BCUT2D eigenvalue weighted by Crippen LogP contribution is -2.47. The highest BCUT2D eigenvalue weighted by Crippen LogP contribution is 2.34. The lowest BCUT2D eigenvalue weighted by atomic mass is 9.88. The summed E-state index contributed by atoms with van der Waals surface area (Å²) in [6, 6.07) is 7.27. The van der Waals surface area contributed by atoms with E-state index in [-0.39, 0.29) is 36.9 Å². The number of fused-ring (bicyclic) bond motifs is 1. The van der Waals surface area contributed by atoms with Crippen LogP contribution in [0.4, 0.5) is 0 Å². The van der Waals surface area contributed by atoms with Crippen LogP contribution >= 0.6 is 0 Å². The zero-order valence-corrected chi connectivity index (χ0v) is 14.7. The normalized spacial score (nSPS) is 19.4. The first-order valence-electron chi connectivity index (χ1n) is 8.31. The van der Waals surface area contributed by atoms with E-state index in [9.17, 15) is 14.4 Å². The lowest BCUT2D eigenvalue weighted by molar-refractivity contribution is -0.128. The highest BCUT2D eigenvalue weighted by Gasteiger charge is 2.47. The number of hydrogen-bond acceptors (Lipinski definition) is 4. The highest BCUT2D eigenvalue weighted by atomic mass is 16.2. The second kappa shape index (κ2) is 6.31. The van der Waals surface area contributed by atoms with Gasteiger partial charge in [0.25, 0.3) is 5.56 Å². The fourth-order valence-electron chi connectivity index (χ4n) is 3.23. The van der Waals surface area contributed by atoms with Gasteiger partial charge in [-0.15, -0.1) is 0 Å². The minimum atomic E-state index is -0.515. The molecule has 1 fully saturated rings. The standard InChI is InChI=1S/C18H22N4O3/c1-18(2)14(10-15(23)21(18)3)16(24)19-8-9-22-17(25)13-7-5-4-6-12(13)11-20-22/h4-7,11,14H,8-10H2,1-3H3,(H,19,24)/t14-/m1/s1. The van der Waals surface area contributed by atoms with Crippen LogP contribution in [0.15, 0.2) is 35.3 Å². The van der Waals surface area contributed by atoms with Crippen molar-refractivity contribution in [3.05, 3.63) is 40.8 Å². The van der Waals surface area contributed by atoms with E-state index in [1.54, 1.807) is 24.2 Å². The molecule has 1 N–H and O–H groups in total. The average molecular weight is 342 g/mol. The maximum atomic E-state index is 12.4. The molecule has 2 heterocycles. The Bertz CT molecular complexity index is 887. The number of carbonyl (C=O) groups is 2. The molecule has 0 unspecified atom stereocenters. The molecule has 7 nitrogen and oxygen atoms in total. The van der Waals surface area contributed by atoms with E-state index in [1.807, 2.05) is 32.0 Å². The second-order valence-electron chi connectivity index (χ2n) is 6.91. The largest absolute Gasteiger partial charge is 0.354 e. The third-order valence-electron chi connectivity index (χ3n) is 5.17. The topological polar surface area (TPSA) is 84.3 Å². The summed E-state index contributed by atoms with van der Waals surface area (Å²) in [7, 11) is 1.72. The Morgan fingerprint density at radius 2 is 2.04 bits per heavy atom. The van der Waals surface area contributed by atoms with Crippen LogP contribution in [0, 0.1) is 5.92 Å². The van der Waals surface area contributed by atoms with Crippen LogP contribution in [0.1, 0.15) is 20.3 Å². The smallest absolute Gasteiger partial charge is 0.274 e. The minimum Gasteiger partial charge on any atom is -0.354 e. The number of rotatable bonds is 4. The molecule has 132 valence electrons. The van der Waals surface area contributed by atoms with Crippen LogP contribution in [-0.4, -0.2) is 45.6 Å². The summed E-state index contributed by atoms with van der Waals surface area (Å²) in [5.41, 5.74) is -0.692. The molecule has 2 amide bonds. The highest BCUT2D eigenvalue weighted by molar-refractivity contribution is 5.90. The van der Waals surface area contributed by atoms with Crippen LogP contribution in [0.2, 0.25) is 0 Å². The molecule has 0 saturated carbocycles. The Hall–Kier alpha value is -2.70. The number of amides is 2. The van der Waals surface area contributed by atoms with Crippen LogP contribution in [0.25, 0.3) is 10.8 Å². The number of carbonyl (C=O) groups excluding carboxylic acids is 2. The molecule has 1 aliphatic heterocycles. The third-order valence-corrected chi connectivity index (χ3v) is 5.17. The first-order chi connectivity index (χ1) is 11.8. The molecule has 1 aromatic carbocycles. The second-order valence-corrected chi connectivity index (χ2v) is 6.91. The van der Waals surface area contributed by atoms with E-state index >= 15 is 0 Å². The Balaban J connectivity index is 1.66. The van der Waals surface area contributed by atoms with Crippen molar-refractivity contribution in [3.8, 4) is 0 Å². The van der Waals surface area contributed by atoms with E-state index in [4.69, 9.17) is 0 Å². The van der Waals surface area contributed by atoms with Crippen molar-refractivity contribution >= 4 is 22.6 Å². The summed E-state index contributed by atoms with van der Waals surface area (Å²) < 4.78 is 1.35. The first-order valence-corrected chi connectivity index (χ1v) is 8.31. The Labute approximate surface area is 145 Å². The molecule has 0 aliphatic carbocycles. The van der Waals surface area contributed by atoms with Crippen molar-refractivity contribution in [2.75, 3.05) is 13.6 Å². The van der Waals surface area contributed by atoms with Gasteiger partial charge in [-0.2, -0.15) is 5.10 Å². The van der Waals surface area contributed by atoms with Crippen LogP contribution in [0.5, 0.6) is 0 Å². The van der Waals surface area contributed by atoms with Crippen molar-refractivity contribution in [1.29, 1.82) is 0 Å². The first kappa shape index (κ1) is 17.1. The maximum Gasteiger partial charge on any atom is 0.274 e. The Kier molecular flexibility index (Phi) is 4.32. The van der Waals surface area contributed by atoms with E-state index in [1.165, 1.54) is 4.68 Å². The van der Waals surface area contributed by atoms with Gasteiger partial charge in [-0.25, -0.2) is 4.68 Å². The number of benzene rings is 1. The fraction of sp³-hybridized carbons (Fsp3) is 0.444. The zero-order valence-electron chi connectivity index (χ0n) is 14.7. The van der Waals surface area contributed by atoms with Crippen molar-refractivity contribution in [1.82, 2.24) is 20.0 Å². The summed E-state index contributed by atoms with van der Waals surface area (Å²) in [5.74, 6) is -0.597. The Morgan fingerprint density at radius 3 is 2.72 bits per heavy atom. The summed E-state index contributed by atoms with van der Waals surface area (Å²) in [5, 5.41) is 8.37. The molecular weight excluding hydrogens is 320 g/mol. The van der Waals surface area contributed by atoms with Gasteiger partial charge >= 0.3 is 0 Å². The molecular formula is C18H22N4O3. The molecule has 0 bridgehead atoms. The SMILES string of the molecule is CN1C(=O)C[C@H](C(=O)NCCn2ncc3ccccc3c2=O)C1(C)C. The van der Waals surface area contributed by atoms with Gasteiger partial charge in [0.05, 0.1) is 24.0 Å². The zero-order chi connectivity index (χ0) is 18.2. The van der Waals surface area contributed by atoms with Crippen LogP contribution in [0.3, 0.4) is 0 Å². The minimum absolute atomic E-state index is 0.0300. The number of nitrogens with one attached hydrogen (secondary N) is 1. The van der Waals surface area contributed by atoms with Gasteiger partial charge in [0, 0.05) is 30.9 Å². The van der Waals surface area contributed by atoms with E-state index in [0.717, 1.165) is 5.39 Å². The maximum absolute atomic E-state index is 12.4. The van der Waals surface area contributed by atoms with Crippen LogP contribution < -0.4 is 10.9 Å². The van der Waals surface area contributed by atoms with E-state index < -0.39 is 11.5 Å². The predicted octanol–water partition coefficient (Wildman–Crippen LogP) is 0.770. The number of hydrogen-bond donors (Lipinski definition) is 1. The fourth-order valence-corrected chi connectivity index (χ4v) is 3.23. The molecule has 1 aliphatic rings. The van der Waals surface area contributed by atoms with Gasteiger partial charge in [0.15, 0.2) is 0 Å². The molecule has 3 rings (SSSR count). The molecule has 7 heteroatoms. The van der Waals surface area contributed by atoms with Gasteiger partial charge < -0.3 is 10.2 Å². The molecule has 0 radical (unpaired) electrons. The molecule has 1 saturated heterocycles. The predicted molar refractivity (Wildman–Crippen MR) is 94.0 cm³/mol. The van der Waals surface area contributed by atoms with Gasteiger partial charge in [-0.3, -0.25) is 14.4 Å². The van der Waals surface area contributed by atoms with Gasteiger partial charge in [0.1, 0.15) is 0 Å². The molecule has 1 atom stereocenters. The van der Waals surface area contributed by atoms with E-state index in [2.05, 4.69) is 10.4 Å². The van der Waals surface area contributed by atoms with Crippen molar-refractivity contribution in [2.45, 2.75) is 32.4 Å². The summed E-state index contributed by atoms with van der Waals surface area (Å²) in [6.45, 7) is 4.34. The summed E-state index contributed by atoms with van der Waals surface area (Å²) in [6.07, 6.45) is 1.86. The van der Waals surface area contributed by atoms with Gasteiger partial charge in [-0.05, 0) is 19.9 Å². The van der Waals surface area contributed by atoms with Crippen molar-refractivity contribution in [2.24, 2.45) is 5.92 Å². The van der Waals surface area contributed by atoms with Crippen LogP contribution in [-0.2, 0) is 16.1 Å². The molecule has 0 spiro atoms. The monoisotopic (exact) mass is 342 g/mol. The Morgan fingerprint density at radius 1 is 1.32 bits per heavy atom.